The summed E-state index contributed by atoms with van der Waals surface area (Å²) >= 11 is 0. The molecule has 3 heteroatoms. The van der Waals surface area contributed by atoms with E-state index in [1.807, 2.05) is 0 Å². The predicted octanol–water partition coefficient (Wildman–Crippen LogP) is 16.2. The number of hydrogen-bond donors (Lipinski definition) is 0. The average Bonchev–Trinajstić information content (AvgIpc) is 4.07. The molecule has 0 N–H and O–H groups in total. The van der Waals surface area contributed by atoms with Gasteiger partial charge >= 0.3 is 0 Å². The molecule has 2 aromatic heterocycles. The fourth-order valence-electron chi connectivity index (χ4n) is 11.0. The summed E-state index contributed by atoms with van der Waals surface area (Å²) in [4.78, 5) is 2.45. The summed E-state index contributed by atoms with van der Waals surface area (Å²) in [6.07, 6.45) is 2.20. The van der Waals surface area contributed by atoms with Gasteiger partial charge in [0.1, 0.15) is 0 Å². The smallest absolute Gasteiger partial charge is 0.0788 e. The Morgan fingerprint density at radius 1 is 0.348 bits per heavy atom. The van der Waals surface area contributed by atoms with Crippen molar-refractivity contribution in [1.82, 2.24) is 9.13 Å². The normalized spacial score (nSPS) is 12.7. The van der Waals surface area contributed by atoms with Crippen molar-refractivity contribution in [3.05, 3.63) is 283 Å². The van der Waals surface area contributed by atoms with Gasteiger partial charge in [-0.15, -0.1) is 0 Å². The molecule has 0 saturated heterocycles. The number of para-hydroxylation sites is 2. The lowest BCUT2D eigenvalue weighted by Crippen LogP contribution is -2.28. The molecule has 10 aromatic carbocycles. The summed E-state index contributed by atoms with van der Waals surface area (Å²) in [6.45, 7) is 0. The van der Waals surface area contributed by atoms with Crippen molar-refractivity contribution in [2.75, 3.05) is 4.90 Å². The van der Waals surface area contributed by atoms with E-state index in [0.717, 1.165) is 34.0 Å². The van der Waals surface area contributed by atoms with Gasteiger partial charge in [-0.1, -0.05) is 182 Å². The summed E-state index contributed by atoms with van der Waals surface area (Å²) < 4.78 is 4.79. The molecule has 2 heterocycles. The molecule has 0 bridgehead atoms. The summed E-state index contributed by atoms with van der Waals surface area (Å²) in [5.74, 6) is 0. The Hall–Kier alpha value is -8.66. The van der Waals surface area contributed by atoms with Crippen molar-refractivity contribution in [1.29, 1.82) is 0 Å². The van der Waals surface area contributed by atoms with E-state index in [9.17, 15) is 0 Å². The molecular weight excluding hydrogens is 799 g/mol. The zero-order valence-corrected chi connectivity index (χ0v) is 36.2. The van der Waals surface area contributed by atoms with Crippen molar-refractivity contribution in [2.24, 2.45) is 0 Å². The van der Waals surface area contributed by atoms with Crippen LogP contribution in [0.15, 0.2) is 261 Å². The van der Waals surface area contributed by atoms with E-state index in [1.165, 1.54) is 71.7 Å². The van der Waals surface area contributed by atoms with Gasteiger partial charge < -0.3 is 14.0 Å². The Morgan fingerprint density at radius 2 is 0.894 bits per heavy atom. The second kappa shape index (κ2) is 15.3. The van der Waals surface area contributed by atoms with E-state index in [-0.39, 0.29) is 0 Å². The molecule has 310 valence electrons. The molecule has 3 nitrogen and oxygen atoms in total. The highest BCUT2D eigenvalue weighted by molar-refractivity contribution is 6.19. The van der Waals surface area contributed by atoms with Gasteiger partial charge in [-0.05, 0) is 117 Å². The SMILES string of the molecule is c1ccc(-c2ccc(N(c3ccc4c(c3)C(c3ccccc3)(c3ccccc3)c3ccccc3-4)c3ccc4c(c3)c3ccc5ccn(-c6ccccc6)c5c3n4-c3ccccc3)cc2)cc1. The number of benzene rings is 10. The van der Waals surface area contributed by atoms with Gasteiger partial charge in [-0.3, -0.25) is 0 Å². The molecule has 0 unspecified atom stereocenters. The third kappa shape index (κ3) is 5.77. The molecule has 1 aliphatic rings. The zero-order valence-electron chi connectivity index (χ0n) is 36.2. The second-order valence-electron chi connectivity index (χ2n) is 17.3. The predicted molar refractivity (Wildman–Crippen MR) is 275 cm³/mol. The van der Waals surface area contributed by atoms with E-state index in [2.05, 4.69) is 275 Å². The Bertz CT molecular complexity index is 3680. The molecule has 0 radical (unpaired) electrons. The van der Waals surface area contributed by atoms with Crippen LogP contribution in [-0.4, -0.2) is 9.13 Å². The standard InChI is InChI=1S/C63H43N3/c1-6-18-44(19-7-1)45-30-33-51(34-31-45)65(53-35-38-55-54-28-16-17-29-58(54)63(59(55)43-53,47-20-8-2-9-21-47)48-22-10-3-11-23-48)52-36-39-60-57(42-52)56-37-32-46-40-41-64(49-24-12-4-13-25-49)61(46)62(56)66(60)50-26-14-5-15-27-50/h1-43H. The van der Waals surface area contributed by atoms with Gasteiger partial charge in [0.05, 0.1) is 22.0 Å². The number of fused-ring (bicyclic) bond motifs is 8. The Morgan fingerprint density at radius 3 is 1.59 bits per heavy atom. The Labute approximate surface area is 384 Å². The van der Waals surface area contributed by atoms with Crippen LogP contribution in [0, 0.1) is 0 Å². The summed E-state index contributed by atoms with van der Waals surface area (Å²) in [5.41, 5.74) is 18.5. The van der Waals surface area contributed by atoms with Crippen LogP contribution in [0.5, 0.6) is 0 Å². The van der Waals surface area contributed by atoms with Crippen LogP contribution in [0.25, 0.3) is 66.3 Å². The van der Waals surface area contributed by atoms with Gasteiger partial charge in [0.25, 0.3) is 0 Å². The molecule has 1 aliphatic carbocycles. The average molecular weight is 842 g/mol. The number of anilines is 3. The third-order valence-corrected chi connectivity index (χ3v) is 13.8. The van der Waals surface area contributed by atoms with E-state index in [1.54, 1.807) is 0 Å². The topological polar surface area (TPSA) is 13.1 Å². The highest BCUT2D eigenvalue weighted by Gasteiger charge is 2.46. The van der Waals surface area contributed by atoms with Gasteiger partial charge in [-0.25, -0.2) is 0 Å². The summed E-state index contributed by atoms with van der Waals surface area (Å²) in [7, 11) is 0. The van der Waals surface area contributed by atoms with Gasteiger partial charge in [0.2, 0.25) is 0 Å². The minimum absolute atomic E-state index is 0.528. The molecule has 13 rings (SSSR count). The fraction of sp³-hybridized carbons (Fsp3) is 0.0159. The van der Waals surface area contributed by atoms with E-state index in [4.69, 9.17) is 0 Å². The lowest BCUT2D eigenvalue weighted by atomic mass is 9.67. The van der Waals surface area contributed by atoms with Crippen molar-refractivity contribution >= 4 is 49.8 Å². The maximum atomic E-state index is 2.47. The minimum atomic E-state index is -0.528. The molecule has 0 aliphatic heterocycles. The highest BCUT2D eigenvalue weighted by Crippen LogP contribution is 2.57. The molecular formula is C63H43N3. The Kier molecular flexibility index (Phi) is 8.75. The summed E-state index contributed by atoms with van der Waals surface area (Å²) in [6, 6.07) is 93.4. The summed E-state index contributed by atoms with van der Waals surface area (Å²) in [5, 5.41) is 3.60. The van der Waals surface area contributed by atoms with Gasteiger partial charge in [-0.2, -0.15) is 0 Å². The lowest BCUT2D eigenvalue weighted by molar-refractivity contribution is 0.768. The van der Waals surface area contributed by atoms with Crippen LogP contribution in [0.2, 0.25) is 0 Å². The van der Waals surface area contributed by atoms with Gasteiger partial charge in [0, 0.05) is 50.8 Å². The van der Waals surface area contributed by atoms with Crippen LogP contribution >= 0.6 is 0 Å². The molecule has 0 fully saturated rings. The first-order valence-corrected chi connectivity index (χ1v) is 22.8. The molecule has 66 heavy (non-hydrogen) atoms. The zero-order chi connectivity index (χ0) is 43.6. The monoisotopic (exact) mass is 841 g/mol. The first kappa shape index (κ1) is 37.9. The molecule has 0 amide bonds. The number of aromatic nitrogens is 2. The molecule has 0 saturated carbocycles. The quantitative estimate of drug-likeness (QED) is 0.149. The van der Waals surface area contributed by atoms with E-state index in [0.29, 0.717) is 0 Å². The highest BCUT2D eigenvalue weighted by atomic mass is 15.1. The Balaban J connectivity index is 1.08. The first-order chi connectivity index (χ1) is 32.8. The van der Waals surface area contributed by atoms with Crippen LogP contribution in [0.1, 0.15) is 22.3 Å². The van der Waals surface area contributed by atoms with Crippen molar-refractivity contribution in [3.8, 4) is 33.6 Å². The molecule has 0 spiro atoms. The van der Waals surface area contributed by atoms with E-state index >= 15 is 0 Å². The van der Waals surface area contributed by atoms with Gasteiger partial charge in [0.15, 0.2) is 0 Å². The third-order valence-electron chi connectivity index (χ3n) is 13.8. The van der Waals surface area contributed by atoms with Crippen molar-refractivity contribution in [2.45, 2.75) is 5.41 Å². The number of nitrogens with zero attached hydrogens (tertiary/aromatic N) is 3. The van der Waals surface area contributed by atoms with Crippen LogP contribution in [0.3, 0.4) is 0 Å². The first-order valence-electron chi connectivity index (χ1n) is 22.8. The van der Waals surface area contributed by atoms with Crippen molar-refractivity contribution < 1.29 is 0 Å². The van der Waals surface area contributed by atoms with Crippen LogP contribution in [0.4, 0.5) is 17.1 Å². The molecule has 12 aromatic rings. The largest absolute Gasteiger partial charge is 0.315 e. The molecule has 0 atom stereocenters. The maximum Gasteiger partial charge on any atom is 0.0788 e. The number of rotatable bonds is 8. The van der Waals surface area contributed by atoms with E-state index < -0.39 is 5.41 Å². The second-order valence-corrected chi connectivity index (χ2v) is 17.3. The van der Waals surface area contributed by atoms with Crippen LogP contribution < -0.4 is 4.90 Å². The minimum Gasteiger partial charge on any atom is -0.315 e. The number of hydrogen-bond acceptors (Lipinski definition) is 1. The van der Waals surface area contributed by atoms with Crippen molar-refractivity contribution in [3.63, 3.8) is 0 Å². The maximum absolute atomic E-state index is 2.47. The lowest BCUT2D eigenvalue weighted by Gasteiger charge is -2.35. The van der Waals surface area contributed by atoms with Crippen LogP contribution in [-0.2, 0) is 5.41 Å². The fourth-order valence-corrected chi connectivity index (χ4v) is 11.0.